The normalized spacial score (nSPS) is 17.3. The highest BCUT2D eigenvalue weighted by Gasteiger charge is 2.41. The second-order valence-electron chi connectivity index (χ2n) is 33.8. The Balaban J connectivity index is 0.0000000827. The molecule has 12 aromatic carbocycles. The van der Waals surface area contributed by atoms with Crippen LogP contribution in [0, 0.1) is 0 Å². The first-order valence-corrected chi connectivity index (χ1v) is 40.4. The highest BCUT2D eigenvalue weighted by atomic mass is 14.4. The Morgan fingerprint density at radius 2 is 0.444 bits per heavy atom. The molecule has 0 fully saturated rings. The minimum absolute atomic E-state index is 0.405. The van der Waals surface area contributed by atoms with E-state index in [0.29, 0.717) is 23.7 Å². The second-order valence-corrected chi connectivity index (χ2v) is 33.8. The van der Waals surface area contributed by atoms with E-state index in [9.17, 15) is 0 Å². The Morgan fingerprint density at radius 3 is 0.843 bits per heavy atom. The van der Waals surface area contributed by atoms with Crippen molar-refractivity contribution in [1.29, 1.82) is 0 Å². The van der Waals surface area contributed by atoms with Crippen LogP contribution in [-0.4, -0.2) is 0 Å². The lowest BCUT2D eigenvalue weighted by Crippen LogP contribution is -2.24. The summed E-state index contributed by atoms with van der Waals surface area (Å²) in [6.45, 7) is 0. The smallest absolute Gasteiger partial charge is 0.0351 e. The maximum atomic E-state index is 2.52. The van der Waals surface area contributed by atoms with E-state index in [1.54, 1.807) is 122 Å². The lowest BCUT2D eigenvalue weighted by molar-refractivity contribution is 0.813. The van der Waals surface area contributed by atoms with Gasteiger partial charge in [-0.25, -0.2) is 0 Å². The quantitative estimate of drug-likeness (QED) is 0.142. The largest absolute Gasteiger partial charge is 0.0795 e. The lowest BCUT2D eigenvalue weighted by Gasteiger charge is -2.37. The zero-order valence-electron chi connectivity index (χ0n) is 61.0. The summed E-state index contributed by atoms with van der Waals surface area (Å²) in [4.78, 5) is 0. The third-order valence-electron chi connectivity index (χ3n) is 28.4. The molecule has 0 spiro atoms. The van der Waals surface area contributed by atoms with Crippen molar-refractivity contribution < 1.29 is 0 Å². The van der Waals surface area contributed by atoms with Crippen LogP contribution in [0.25, 0.3) is 48.6 Å². The summed E-state index contributed by atoms with van der Waals surface area (Å²) in [6.07, 6.45) is 54.5. The van der Waals surface area contributed by atoms with E-state index in [4.69, 9.17) is 0 Å². The summed E-state index contributed by atoms with van der Waals surface area (Å²) in [5.74, 6) is 1.64. The van der Waals surface area contributed by atoms with Gasteiger partial charge in [0, 0.05) is 23.7 Å². The van der Waals surface area contributed by atoms with E-state index in [2.05, 4.69) is 267 Å². The van der Waals surface area contributed by atoms with Gasteiger partial charge in [0.2, 0.25) is 0 Å². The first kappa shape index (κ1) is 60.7. The highest BCUT2D eigenvalue weighted by Crippen LogP contribution is 2.56. The van der Waals surface area contributed by atoms with E-state index in [0.717, 1.165) is 103 Å². The number of allylic oxidation sites excluding steroid dienone is 8. The van der Waals surface area contributed by atoms with Crippen molar-refractivity contribution in [2.45, 2.75) is 126 Å². The van der Waals surface area contributed by atoms with Crippen molar-refractivity contribution in [2.75, 3.05) is 0 Å². The molecule has 0 saturated heterocycles. The van der Waals surface area contributed by atoms with Crippen molar-refractivity contribution in [3.05, 3.63) is 463 Å². The molecule has 0 aliphatic heterocycles. The van der Waals surface area contributed by atoms with Gasteiger partial charge in [-0.05, 0) is 348 Å². The Bertz CT molecular complexity index is 6050. The molecule has 0 nitrogen and oxygen atoms in total. The van der Waals surface area contributed by atoms with Crippen LogP contribution < -0.4 is 0 Å². The van der Waals surface area contributed by atoms with Crippen LogP contribution in [0.4, 0.5) is 0 Å². The zero-order chi connectivity index (χ0) is 70.1. The fourth-order valence-electron chi connectivity index (χ4n) is 23.7. The van der Waals surface area contributed by atoms with E-state index in [1.165, 1.54) is 122 Å². The molecule has 512 valence electrons. The van der Waals surface area contributed by atoms with Gasteiger partial charge in [-0.3, -0.25) is 0 Å². The fourth-order valence-corrected chi connectivity index (χ4v) is 23.7. The maximum absolute atomic E-state index is 2.52. The van der Waals surface area contributed by atoms with Gasteiger partial charge in [0.1, 0.15) is 0 Å². The molecule has 0 radical (unpaired) electrons. The second kappa shape index (κ2) is 23.0. The predicted molar refractivity (Wildman–Crippen MR) is 445 cm³/mol. The highest BCUT2D eigenvalue weighted by molar-refractivity contribution is 5.79. The Hall–Kier alpha value is -11.4. The van der Waals surface area contributed by atoms with E-state index < -0.39 is 0 Å². The third-order valence-corrected chi connectivity index (χ3v) is 28.4. The summed E-state index contributed by atoms with van der Waals surface area (Å²) in [5.41, 5.74) is 67.4. The van der Waals surface area contributed by atoms with Gasteiger partial charge in [0.15, 0.2) is 0 Å². The van der Waals surface area contributed by atoms with Crippen LogP contribution in [0.15, 0.2) is 218 Å². The van der Waals surface area contributed by atoms with Crippen molar-refractivity contribution in [3.63, 3.8) is 0 Å². The molecule has 0 unspecified atom stereocenters. The molecule has 0 heterocycles. The topological polar surface area (TPSA) is 0 Å². The average Bonchev–Trinajstić information content (AvgIpc) is 1.04. The van der Waals surface area contributed by atoms with Crippen molar-refractivity contribution in [1.82, 2.24) is 0 Å². The molecular weight excluding hydrogens is 1300 g/mol. The molecule has 0 bridgehead atoms. The van der Waals surface area contributed by atoms with Gasteiger partial charge < -0.3 is 0 Å². The van der Waals surface area contributed by atoms with Gasteiger partial charge in [0.25, 0.3) is 0 Å². The maximum Gasteiger partial charge on any atom is 0.0351 e. The van der Waals surface area contributed by atoms with Crippen LogP contribution in [-0.2, 0) is 103 Å². The molecular formula is C108H80. The van der Waals surface area contributed by atoms with E-state index in [-0.39, 0.29) is 0 Å². The van der Waals surface area contributed by atoms with Crippen LogP contribution in [0.5, 0.6) is 0 Å². The molecule has 12 aromatic rings. The van der Waals surface area contributed by atoms with E-state index in [1.807, 2.05) is 0 Å². The third kappa shape index (κ3) is 8.92. The van der Waals surface area contributed by atoms with E-state index >= 15 is 0 Å². The standard InChI is InChI=1S/4C27H20/c2*1-6-18-14-24-20-8-2-4-16(20)10-12-22(24)27-23-13-11-17-5-3-9-21(17)25(23)15-19(7-1)26(18)27;2*1-4-16-10-22-12-20-8-3-9-21-13-23-11-17-5-2-7-19(17)15-25(23)27(26(20)21)24(22)14-18(16)6-1/h1-3,6-13,27H,4-5,14-15H2;1-7,10-13,27H,8-9,14-15H2;1-3,6-11,14-15,27H,4-5,12-13H2;1-5,8-11,14-15,27H,6-7,12-13H2. The molecule has 0 atom stereocenters. The van der Waals surface area contributed by atoms with Crippen molar-refractivity contribution in [3.8, 4) is 0 Å². The lowest BCUT2D eigenvalue weighted by atomic mass is 9.66. The van der Waals surface area contributed by atoms with Crippen LogP contribution in [0.2, 0.25) is 0 Å². The fraction of sp³-hybridized carbons (Fsp3) is 0.185. The monoisotopic (exact) mass is 1380 g/mol. The van der Waals surface area contributed by atoms with Gasteiger partial charge in [-0.1, -0.05) is 267 Å². The van der Waals surface area contributed by atoms with Crippen LogP contribution >= 0.6 is 0 Å². The van der Waals surface area contributed by atoms with Crippen molar-refractivity contribution >= 4 is 48.6 Å². The zero-order valence-corrected chi connectivity index (χ0v) is 61.0. The summed E-state index contributed by atoms with van der Waals surface area (Å²) >= 11 is 0. The van der Waals surface area contributed by atoms with Gasteiger partial charge >= 0.3 is 0 Å². The Labute approximate surface area is 634 Å². The average molecular weight is 1380 g/mol. The van der Waals surface area contributed by atoms with Crippen molar-refractivity contribution in [2.24, 2.45) is 0 Å². The summed E-state index contributed by atoms with van der Waals surface area (Å²) in [5, 5.41) is 0. The molecule has 0 N–H and O–H groups in total. The summed E-state index contributed by atoms with van der Waals surface area (Å²) < 4.78 is 0. The molecule has 28 rings (SSSR count). The molecule has 16 aliphatic carbocycles. The predicted octanol–water partition coefficient (Wildman–Crippen LogP) is 23.3. The molecule has 16 aliphatic rings. The minimum atomic E-state index is 0.405. The number of hydrogen-bond acceptors (Lipinski definition) is 0. The summed E-state index contributed by atoms with van der Waals surface area (Å²) in [7, 11) is 0. The van der Waals surface area contributed by atoms with Gasteiger partial charge in [0.05, 0.1) is 0 Å². The molecule has 108 heavy (non-hydrogen) atoms. The molecule has 0 amide bonds. The Kier molecular flexibility index (Phi) is 12.9. The minimum Gasteiger partial charge on any atom is -0.0795 e. The van der Waals surface area contributed by atoms with Crippen LogP contribution in [0.1, 0.15) is 268 Å². The number of benzene rings is 12. The molecule has 0 saturated carbocycles. The molecule has 0 heteroatoms. The summed E-state index contributed by atoms with van der Waals surface area (Å²) in [6, 6.07) is 67.1. The Morgan fingerprint density at radius 1 is 0.167 bits per heavy atom. The SMILES string of the molecule is C1=Cc2c(ccc3c2Cc2cccc4c2C3c2ccc3c(c2C4)C=CC3)C1.C1=Cc2cc3c(cc2C1)C1c2cc4c(cc2Cc2cccc(c21)C3)C=CC4.C1=Cc2cc3c(cc2C1)Cc1cccc2c1C3c1cc3c(cc1C2)CC=C3.C1=Cc2ccc3c(c2C1)Cc1cccc2c1C3c1ccc3c(c1C2)CC=C3. The number of fused-ring (bicyclic) bond motifs is 28. The first-order chi connectivity index (χ1) is 53.5. The number of hydrogen-bond donors (Lipinski definition) is 0. The van der Waals surface area contributed by atoms with Gasteiger partial charge in [-0.2, -0.15) is 0 Å². The van der Waals surface area contributed by atoms with Gasteiger partial charge in [-0.15, -0.1) is 0 Å². The first-order valence-electron chi connectivity index (χ1n) is 40.4. The molecule has 0 aromatic heterocycles. The van der Waals surface area contributed by atoms with Crippen LogP contribution in [0.3, 0.4) is 0 Å². The number of rotatable bonds is 0.